The van der Waals surface area contributed by atoms with Crippen LogP contribution in [0.3, 0.4) is 0 Å². The van der Waals surface area contributed by atoms with Gasteiger partial charge in [-0.05, 0) is 55.7 Å². The Morgan fingerprint density at radius 1 is 0.903 bits per heavy atom. The van der Waals surface area contributed by atoms with E-state index in [-0.39, 0.29) is 21.4 Å². The molecule has 9 heteroatoms. The van der Waals surface area contributed by atoms with Crippen molar-refractivity contribution in [3.63, 3.8) is 0 Å². The van der Waals surface area contributed by atoms with Gasteiger partial charge in [-0.1, -0.05) is 31.0 Å². The summed E-state index contributed by atoms with van der Waals surface area (Å²) in [5, 5.41) is 2.84. The van der Waals surface area contributed by atoms with E-state index in [0.29, 0.717) is 13.1 Å². The molecule has 3 rings (SSSR count). The fourth-order valence-electron chi connectivity index (χ4n) is 3.60. The predicted molar refractivity (Wildman–Crippen MR) is 119 cm³/mol. The summed E-state index contributed by atoms with van der Waals surface area (Å²) >= 11 is 0. The quantitative estimate of drug-likeness (QED) is 0.708. The van der Waals surface area contributed by atoms with Gasteiger partial charge in [0.1, 0.15) is 0 Å². The Balaban J connectivity index is 1.75. The lowest BCUT2D eigenvalue weighted by molar-refractivity contribution is 0.0939. The van der Waals surface area contributed by atoms with Gasteiger partial charge in [0.2, 0.25) is 10.0 Å². The Bertz CT molecular complexity index is 1130. The van der Waals surface area contributed by atoms with Crippen molar-refractivity contribution in [3.05, 3.63) is 59.7 Å². The third-order valence-corrected chi connectivity index (χ3v) is 8.48. The van der Waals surface area contributed by atoms with E-state index in [1.807, 2.05) is 0 Å². The van der Waals surface area contributed by atoms with E-state index in [4.69, 9.17) is 0 Å². The topological polar surface area (TPSA) is 101 Å². The minimum absolute atomic E-state index is 0.118. The second-order valence-electron chi connectivity index (χ2n) is 7.88. The Morgan fingerprint density at radius 3 is 2.10 bits per heavy atom. The number of benzene rings is 2. The summed E-state index contributed by atoms with van der Waals surface area (Å²) in [6, 6.07) is 12.0. The first kappa shape index (κ1) is 23.4. The van der Waals surface area contributed by atoms with Crippen molar-refractivity contribution in [2.75, 3.05) is 19.3 Å². The third-order valence-electron chi connectivity index (χ3n) is 5.45. The average Bonchev–Trinajstić information content (AvgIpc) is 3.03. The van der Waals surface area contributed by atoms with Crippen LogP contribution in [0.2, 0.25) is 0 Å². The number of sulfonamides is 1. The summed E-state index contributed by atoms with van der Waals surface area (Å²) < 4.78 is 50.7. The van der Waals surface area contributed by atoms with E-state index in [0.717, 1.165) is 37.5 Å². The highest BCUT2D eigenvalue weighted by molar-refractivity contribution is 7.90. The number of nitrogens with one attached hydrogen (secondary N) is 1. The number of amides is 1. The predicted octanol–water partition coefficient (Wildman–Crippen LogP) is 3.15. The van der Waals surface area contributed by atoms with E-state index in [1.165, 1.54) is 28.6 Å². The largest absolute Gasteiger partial charge is 0.346 e. The molecule has 0 aliphatic carbocycles. The molecular formula is C22H28N2O5S2. The lowest BCUT2D eigenvalue weighted by Gasteiger charge is -2.20. The van der Waals surface area contributed by atoms with Crippen LogP contribution in [0.5, 0.6) is 0 Å². The van der Waals surface area contributed by atoms with Gasteiger partial charge in [0, 0.05) is 24.9 Å². The molecule has 1 aliphatic rings. The molecule has 1 N–H and O–H groups in total. The van der Waals surface area contributed by atoms with Crippen molar-refractivity contribution >= 4 is 25.8 Å². The van der Waals surface area contributed by atoms with Gasteiger partial charge < -0.3 is 5.32 Å². The highest BCUT2D eigenvalue weighted by Gasteiger charge is 2.26. The third kappa shape index (κ3) is 5.72. The maximum atomic E-state index is 13.0. The van der Waals surface area contributed by atoms with Crippen LogP contribution in [0, 0.1) is 0 Å². The van der Waals surface area contributed by atoms with Crippen LogP contribution in [-0.4, -0.2) is 46.4 Å². The molecule has 1 heterocycles. The van der Waals surface area contributed by atoms with Crippen LogP contribution in [0.25, 0.3) is 0 Å². The van der Waals surface area contributed by atoms with Crippen molar-refractivity contribution in [1.29, 1.82) is 0 Å². The zero-order chi connectivity index (χ0) is 22.6. The molecule has 2 aromatic rings. The summed E-state index contributed by atoms with van der Waals surface area (Å²) in [6.07, 6.45) is 4.87. The van der Waals surface area contributed by atoms with Crippen LogP contribution in [0.1, 0.15) is 54.6 Å². The summed E-state index contributed by atoms with van der Waals surface area (Å²) in [6.45, 7) is 2.78. The molecule has 0 bridgehead atoms. The molecule has 1 amide bonds. The molecule has 1 aliphatic heterocycles. The first-order valence-electron chi connectivity index (χ1n) is 10.3. The van der Waals surface area contributed by atoms with E-state index < -0.39 is 25.8 Å². The molecule has 168 valence electrons. The normalized spacial score (nSPS) is 17.0. The molecule has 1 saturated heterocycles. The Hall–Kier alpha value is -2.23. The minimum atomic E-state index is -3.64. The highest BCUT2D eigenvalue weighted by atomic mass is 32.2. The van der Waals surface area contributed by atoms with E-state index in [2.05, 4.69) is 5.32 Å². The van der Waals surface area contributed by atoms with Crippen molar-refractivity contribution in [2.24, 2.45) is 0 Å². The minimum Gasteiger partial charge on any atom is -0.346 e. The van der Waals surface area contributed by atoms with Crippen LogP contribution in [0.15, 0.2) is 58.3 Å². The number of rotatable bonds is 6. The fraction of sp³-hybridized carbons (Fsp3) is 0.409. The van der Waals surface area contributed by atoms with Gasteiger partial charge in [-0.3, -0.25) is 4.79 Å². The van der Waals surface area contributed by atoms with Gasteiger partial charge in [0.15, 0.2) is 9.84 Å². The molecular weight excluding hydrogens is 436 g/mol. The lowest BCUT2D eigenvalue weighted by atomic mass is 10.1. The van der Waals surface area contributed by atoms with Crippen molar-refractivity contribution in [1.82, 2.24) is 9.62 Å². The second kappa shape index (κ2) is 9.50. The Morgan fingerprint density at radius 2 is 1.52 bits per heavy atom. The summed E-state index contributed by atoms with van der Waals surface area (Å²) in [7, 11) is -6.93. The Kier molecular flexibility index (Phi) is 7.18. The van der Waals surface area contributed by atoms with Crippen LogP contribution < -0.4 is 5.32 Å². The van der Waals surface area contributed by atoms with Gasteiger partial charge in [0.25, 0.3) is 5.91 Å². The van der Waals surface area contributed by atoms with E-state index in [9.17, 15) is 21.6 Å². The van der Waals surface area contributed by atoms with Gasteiger partial charge in [-0.15, -0.1) is 0 Å². The van der Waals surface area contributed by atoms with Gasteiger partial charge in [-0.25, -0.2) is 16.8 Å². The molecule has 7 nitrogen and oxygen atoms in total. The number of sulfone groups is 1. The maximum Gasteiger partial charge on any atom is 0.251 e. The molecule has 2 aromatic carbocycles. The summed E-state index contributed by atoms with van der Waals surface area (Å²) in [5.41, 5.74) is 1.00. The van der Waals surface area contributed by atoms with Crippen molar-refractivity contribution < 1.29 is 21.6 Å². The number of carbonyl (C=O) groups is 1. The van der Waals surface area contributed by atoms with E-state index >= 15 is 0 Å². The molecule has 1 fully saturated rings. The molecule has 0 aromatic heterocycles. The van der Waals surface area contributed by atoms with Gasteiger partial charge in [-0.2, -0.15) is 4.31 Å². The van der Waals surface area contributed by atoms with Gasteiger partial charge >= 0.3 is 0 Å². The molecule has 0 spiro atoms. The molecule has 0 saturated carbocycles. The SMILES string of the molecule is CC(NC(=O)c1cccc(S(=O)(=O)N2CCCCCC2)c1)c1ccc(S(C)(=O)=O)cc1. The lowest BCUT2D eigenvalue weighted by Crippen LogP contribution is -2.32. The number of carbonyl (C=O) groups excluding carboxylic acids is 1. The second-order valence-corrected chi connectivity index (χ2v) is 11.8. The number of nitrogens with zero attached hydrogens (tertiary/aromatic N) is 1. The fourth-order valence-corrected chi connectivity index (χ4v) is 5.79. The van der Waals surface area contributed by atoms with Crippen molar-refractivity contribution in [2.45, 2.75) is 48.4 Å². The number of hydrogen-bond acceptors (Lipinski definition) is 5. The monoisotopic (exact) mass is 464 g/mol. The summed E-state index contributed by atoms with van der Waals surface area (Å²) in [4.78, 5) is 13.1. The first-order chi connectivity index (χ1) is 14.6. The summed E-state index contributed by atoms with van der Waals surface area (Å²) in [5.74, 6) is -0.396. The van der Waals surface area contributed by atoms with Crippen LogP contribution in [-0.2, 0) is 19.9 Å². The molecule has 1 unspecified atom stereocenters. The molecule has 0 radical (unpaired) electrons. The first-order valence-corrected chi connectivity index (χ1v) is 13.6. The van der Waals surface area contributed by atoms with Crippen LogP contribution >= 0.6 is 0 Å². The molecule has 31 heavy (non-hydrogen) atoms. The highest BCUT2D eigenvalue weighted by Crippen LogP contribution is 2.22. The smallest absolute Gasteiger partial charge is 0.251 e. The average molecular weight is 465 g/mol. The van der Waals surface area contributed by atoms with Crippen LogP contribution in [0.4, 0.5) is 0 Å². The number of hydrogen-bond donors (Lipinski definition) is 1. The van der Waals surface area contributed by atoms with Gasteiger partial charge in [0.05, 0.1) is 15.8 Å². The Labute approximate surface area is 184 Å². The zero-order valence-corrected chi connectivity index (χ0v) is 19.4. The maximum absolute atomic E-state index is 13.0. The van der Waals surface area contributed by atoms with Crippen molar-refractivity contribution in [3.8, 4) is 0 Å². The van der Waals surface area contributed by atoms with E-state index in [1.54, 1.807) is 31.2 Å². The molecule has 1 atom stereocenters. The standard InChI is InChI=1S/C22H28N2O5S2/c1-17(18-10-12-20(13-11-18)30(2,26)27)23-22(25)19-8-7-9-21(16-19)31(28,29)24-14-5-3-4-6-15-24/h7-13,16-17H,3-6,14-15H2,1-2H3,(H,23,25). The zero-order valence-electron chi connectivity index (χ0n) is 17.7.